The Morgan fingerprint density at radius 3 is 2.44 bits per heavy atom. The molecule has 2 N–H and O–H groups in total. The summed E-state index contributed by atoms with van der Waals surface area (Å²) < 4.78 is 13.5. The van der Waals surface area contributed by atoms with Crippen molar-refractivity contribution in [3.05, 3.63) is 35.1 Å². The maximum atomic E-state index is 13.5. The van der Waals surface area contributed by atoms with E-state index in [2.05, 4.69) is 6.92 Å². The minimum atomic E-state index is -0.416. The molecule has 0 saturated heterocycles. The molecule has 0 aromatic heterocycles. The lowest BCUT2D eigenvalue weighted by molar-refractivity contribution is 0.420. The van der Waals surface area contributed by atoms with Crippen LogP contribution in [0.3, 0.4) is 0 Å². The van der Waals surface area contributed by atoms with Crippen molar-refractivity contribution < 1.29 is 4.39 Å². The van der Waals surface area contributed by atoms with E-state index in [0.29, 0.717) is 5.56 Å². The molecule has 1 aromatic rings. The van der Waals surface area contributed by atoms with Crippen molar-refractivity contribution in [2.24, 2.45) is 5.73 Å². The number of aryl methyl sites for hydroxylation is 1. The zero-order valence-corrected chi connectivity index (χ0v) is 11.9. The van der Waals surface area contributed by atoms with Gasteiger partial charge in [-0.3, -0.25) is 0 Å². The molecule has 0 saturated carbocycles. The van der Waals surface area contributed by atoms with E-state index in [9.17, 15) is 4.39 Å². The Balaban J connectivity index is 2.54. The molecule has 1 rings (SSSR count). The fourth-order valence-corrected chi connectivity index (χ4v) is 2.19. The lowest BCUT2D eigenvalue weighted by atomic mass is 9.87. The van der Waals surface area contributed by atoms with Gasteiger partial charge in [0.2, 0.25) is 0 Å². The van der Waals surface area contributed by atoms with Crippen LogP contribution in [0, 0.1) is 12.7 Å². The highest BCUT2D eigenvalue weighted by Gasteiger charge is 2.21. The summed E-state index contributed by atoms with van der Waals surface area (Å²) in [7, 11) is 0. The first-order chi connectivity index (χ1) is 8.47. The van der Waals surface area contributed by atoms with E-state index in [-0.39, 0.29) is 5.82 Å². The summed E-state index contributed by atoms with van der Waals surface area (Å²) >= 11 is 0. The monoisotopic (exact) mass is 251 g/mol. The average molecular weight is 251 g/mol. The Morgan fingerprint density at radius 1 is 1.17 bits per heavy atom. The largest absolute Gasteiger partial charge is 0.322 e. The molecule has 0 radical (unpaired) electrons. The van der Waals surface area contributed by atoms with E-state index in [4.69, 9.17) is 5.73 Å². The predicted octanol–water partition coefficient (Wildman–Crippen LogP) is 4.67. The summed E-state index contributed by atoms with van der Waals surface area (Å²) in [5.41, 5.74) is 7.47. The summed E-state index contributed by atoms with van der Waals surface area (Å²) in [6.45, 7) is 5.98. The van der Waals surface area contributed by atoms with Crippen molar-refractivity contribution in [2.45, 2.75) is 64.8 Å². The summed E-state index contributed by atoms with van der Waals surface area (Å²) in [6, 6.07) is 5.35. The maximum absolute atomic E-state index is 13.5. The smallest absolute Gasteiger partial charge is 0.126 e. The molecule has 0 bridgehead atoms. The van der Waals surface area contributed by atoms with Crippen molar-refractivity contribution in [3.63, 3.8) is 0 Å². The van der Waals surface area contributed by atoms with Crippen LogP contribution in [0.2, 0.25) is 0 Å². The molecule has 1 unspecified atom stereocenters. The van der Waals surface area contributed by atoms with Gasteiger partial charge in [-0.25, -0.2) is 4.39 Å². The van der Waals surface area contributed by atoms with Gasteiger partial charge in [0.25, 0.3) is 0 Å². The normalized spacial score (nSPS) is 14.5. The number of halogens is 1. The number of rotatable bonds is 7. The number of unbranched alkanes of at least 4 members (excludes halogenated alkanes) is 4. The highest BCUT2D eigenvalue weighted by Crippen LogP contribution is 2.26. The van der Waals surface area contributed by atoms with Gasteiger partial charge in [-0.1, -0.05) is 51.2 Å². The van der Waals surface area contributed by atoms with Crippen LogP contribution in [0.15, 0.2) is 18.2 Å². The van der Waals surface area contributed by atoms with Gasteiger partial charge >= 0.3 is 0 Å². The van der Waals surface area contributed by atoms with Crippen LogP contribution < -0.4 is 5.73 Å². The number of hydrogen-bond acceptors (Lipinski definition) is 1. The Bertz CT molecular complexity index is 371. The van der Waals surface area contributed by atoms with Gasteiger partial charge in [0.15, 0.2) is 0 Å². The Labute approximate surface area is 111 Å². The Morgan fingerprint density at radius 2 is 1.83 bits per heavy atom. The second-order valence-corrected chi connectivity index (χ2v) is 5.55. The van der Waals surface area contributed by atoms with Crippen LogP contribution >= 0.6 is 0 Å². The third kappa shape index (κ3) is 4.41. The Hall–Kier alpha value is -0.890. The van der Waals surface area contributed by atoms with E-state index < -0.39 is 5.54 Å². The van der Waals surface area contributed by atoms with E-state index >= 15 is 0 Å². The fraction of sp³-hybridized carbons (Fsp3) is 0.625. The molecular weight excluding hydrogens is 225 g/mol. The lowest BCUT2D eigenvalue weighted by Crippen LogP contribution is -2.33. The van der Waals surface area contributed by atoms with Crippen molar-refractivity contribution >= 4 is 0 Å². The molecule has 1 atom stereocenters. The van der Waals surface area contributed by atoms with Crippen molar-refractivity contribution in [1.82, 2.24) is 0 Å². The standard InChI is InChI=1S/C16H26FN/c1-4-5-6-7-8-11-16(3,18)14-10-9-13(2)15(17)12-14/h9-10,12H,4-8,11,18H2,1-3H3. The molecule has 1 aromatic carbocycles. The van der Waals surface area contributed by atoms with Crippen molar-refractivity contribution in [3.8, 4) is 0 Å². The molecule has 2 heteroatoms. The fourth-order valence-electron chi connectivity index (χ4n) is 2.19. The molecule has 0 fully saturated rings. The van der Waals surface area contributed by atoms with Crippen LogP contribution in [0.25, 0.3) is 0 Å². The van der Waals surface area contributed by atoms with Gasteiger partial charge in [-0.05, 0) is 37.5 Å². The summed E-state index contributed by atoms with van der Waals surface area (Å²) in [4.78, 5) is 0. The van der Waals surface area contributed by atoms with Crippen LogP contribution in [0.4, 0.5) is 4.39 Å². The highest BCUT2D eigenvalue weighted by atomic mass is 19.1. The first-order valence-corrected chi connectivity index (χ1v) is 7.03. The van der Waals surface area contributed by atoms with Gasteiger partial charge < -0.3 is 5.73 Å². The first kappa shape index (κ1) is 15.2. The molecule has 102 valence electrons. The molecule has 0 amide bonds. The molecule has 1 nitrogen and oxygen atoms in total. The summed E-state index contributed by atoms with van der Waals surface area (Å²) in [5.74, 6) is -0.157. The zero-order chi connectivity index (χ0) is 13.6. The number of hydrogen-bond donors (Lipinski definition) is 1. The van der Waals surface area contributed by atoms with E-state index in [1.54, 1.807) is 13.0 Å². The van der Waals surface area contributed by atoms with E-state index in [1.165, 1.54) is 25.7 Å². The zero-order valence-electron chi connectivity index (χ0n) is 11.9. The van der Waals surface area contributed by atoms with Crippen molar-refractivity contribution in [2.75, 3.05) is 0 Å². The third-order valence-corrected chi connectivity index (χ3v) is 3.63. The van der Waals surface area contributed by atoms with E-state index in [0.717, 1.165) is 18.4 Å². The summed E-state index contributed by atoms with van der Waals surface area (Å²) in [6.07, 6.45) is 7.06. The molecule has 18 heavy (non-hydrogen) atoms. The Kier molecular flexibility index (Phi) is 5.80. The SMILES string of the molecule is CCCCCCCC(C)(N)c1ccc(C)c(F)c1. The van der Waals surface area contributed by atoms with Crippen LogP contribution in [-0.4, -0.2) is 0 Å². The second-order valence-electron chi connectivity index (χ2n) is 5.55. The minimum Gasteiger partial charge on any atom is -0.322 e. The molecule has 0 spiro atoms. The van der Waals surface area contributed by atoms with Crippen LogP contribution in [0.1, 0.15) is 63.5 Å². The third-order valence-electron chi connectivity index (χ3n) is 3.63. The highest BCUT2D eigenvalue weighted by molar-refractivity contribution is 5.28. The quantitative estimate of drug-likeness (QED) is 0.700. The van der Waals surface area contributed by atoms with Gasteiger partial charge in [0.05, 0.1) is 0 Å². The molecular formula is C16H26FN. The van der Waals surface area contributed by atoms with E-state index in [1.807, 2.05) is 19.1 Å². The topological polar surface area (TPSA) is 26.0 Å². The predicted molar refractivity (Wildman–Crippen MR) is 76.1 cm³/mol. The second kappa shape index (κ2) is 6.89. The van der Waals surface area contributed by atoms with Gasteiger partial charge in [-0.15, -0.1) is 0 Å². The van der Waals surface area contributed by atoms with Gasteiger partial charge in [0, 0.05) is 5.54 Å². The number of benzene rings is 1. The van der Waals surface area contributed by atoms with Crippen LogP contribution in [0.5, 0.6) is 0 Å². The average Bonchev–Trinajstić information content (AvgIpc) is 2.32. The maximum Gasteiger partial charge on any atom is 0.126 e. The molecule has 0 aliphatic carbocycles. The van der Waals surface area contributed by atoms with Gasteiger partial charge in [0.1, 0.15) is 5.82 Å². The molecule has 0 aliphatic rings. The van der Waals surface area contributed by atoms with Gasteiger partial charge in [-0.2, -0.15) is 0 Å². The summed E-state index contributed by atoms with van der Waals surface area (Å²) in [5, 5.41) is 0. The van der Waals surface area contributed by atoms with Crippen molar-refractivity contribution in [1.29, 1.82) is 0 Å². The first-order valence-electron chi connectivity index (χ1n) is 7.03. The van der Waals surface area contributed by atoms with Crippen LogP contribution in [-0.2, 0) is 5.54 Å². The number of nitrogens with two attached hydrogens (primary N) is 1. The minimum absolute atomic E-state index is 0.157. The molecule has 0 heterocycles. The molecule has 0 aliphatic heterocycles. The lowest BCUT2D eigenvalue weighted by Gasteiger charge is -2.25.